The molecule has 19 heavy (non-hydrogen) atoms. The molecule has 2 aromatic rings. The molecule has 5 heteroatoms. The zero-order chi connectivity index (χ0) is 13.5. The molecule has 0 radical (unpaired) electrons. The number of carbonyl (C=O) groups is 1. The van der Waals surface area contributed by atoms with E-state index in [9.17, 15) is 4.79 Å². The fourth-order valence-corrected chi connectivity index (χ4v) is 1.56. The molecular formula is C14H16N4O. The molecule has 98 valence electrons. The van der Waals surface area contributed by atoms with Crippen molar-refractivity contribution in [3.8, 4) is 0 Å². The summed E-state index contributed by atoms with van der Waals surface area (Å²) < 4.78 is 0. The second-order valence-electron chi connectivity index (χ2n) is 4.05. The average molecular weight is 256 g/mol. The average Bonchev–Trinajstić information content (AvgIpc) is 2.46. The Morgan fingerprint density at radius 1 is 1.21 bits per heavy atom. The van der Waals surface area contributed by atoms with Crippen LogP contribution < -0.4 is 10.6 Å². The third-order valence-electron chi connectivity index (χ3n) is 2.53. The van der Waals surface area contributed by atoms with Crippen LogP contribution in [0.3, 0.4) is 0 Å². The molecule has 0 bridgehead atoms. The second-order valence-corrected chi connectivity index (χ2v) is 4.05. The fourth-order valence-electron chi connectivity index (χ4n) is 1.56. The predicted molar refractivity (Wildman–Crippen MR) is 75.2 cm³/mol. The SMILES string of the molecule is CCCNc1ccc(C(=O)Nc2cnccn2)cc1. The highest BCUT2D eigenvalue weighted by atomic mass is 16.1. The number of carbonyl (C=O) groups excluding carboxylic acids is 1. The number of amides is 1. The number of nitrogens with zero attached hydrogens (tertiary/aromatic N) is 2. The van der Waals surface area contributed by atoms with E-state index in [-0.39, 0.29) is 5.91 Å². The van der Waals surface area contributed by atoms with Crippen LogP contribution in [-0.2, 0) is 0 Å². The summed E-state index contributed by atoms with van der Waals surface area (Å²) >= 11 is 0. The number of benzene rings is 1. The van der Waals surface area contributed by atoms with E-state index in [2.05, 4.69) is 27.5 Å². The molecule has 2 rings (SSSR count). The number of hydrogen-bond donors (Lipinski definition) is 2. The van der Waals surface area contributed by atoms with Gasteiger partial charge in [0.2, 0.25) is 0 Å². The maximum absolute atomic E-state index is 11.9. The molecule has 0 fully saturated rings. The summed E-state index contributed by atoms with van der Waals surface area (Å²) in [6, 6.07) is 7.34. The summed E-state index contributed by atoms with van der Waals surface area (Å²) in [5.74, 6) is 0.253. The van der Waals surface area contributed by atoms with Crippen LogP contribution in [-0.4, -0.2) is 22.4 Å². The largest absolute Gasteiger partial charge is 0.385 e. The van der Waals surface area contributed by atoms with Crippen LogP contribution in [0.15, 0.2) is 42.9 Å². The van der Waals surface area contributed by atoms with Gasteiger partial charge in [0.25, 0.3) is 5.91 Å². The van der Waals surface area contributed by atoms with Gasteiger partial charge in [0.15, 0.2) is 5.82 Å². The number of rotatable bonds is 5. The lowest BCUT2D eigenvalue weighted by atomic mass is 10.2. The third-order valence-corrected chi connectivity index (χ3v) is 2.53. The van der Waals surface area contributed by atoms with Gasteiger partial charge in [0.05, 0.1) is 6.20 Å². The van der Waals surface area contributed by atoms with Gasteiger partial charge in [-0.1, -0.05) is 6.92 Å². The lowest BCUT2D eigenvalue weighted by Gasteiger charge is -2.06. The van der Waals surface area contributed by atoms with E-state index in [1.54, 1.807) is 18.3 Å². The number of anilines is 2. The van der Waals surface area contributed by atoms with Crippen LogP contribution in [0.5, 0.6) is 0 Å². The first-order valence-electron chi connectivity index (χ1n) is 6.21. The van der Waals surface area contributed by atoms with Crippen LogP contribution in [0.25, 0.3) is 0 Å². The molecule has 0 atom stereocenters. The zero-order valence-corrected chi connectivity index (χ0v) is 10.8. The Morgan fingerprint density at radius 2 is 2.00 bits per heavy atom. The van der Waals surface area contributed by atoms with Gasteiger partial charge >= 0.3 is 0 Å². The van der Waals surface area contributed by atoms with Crippen molar-refractivity contribution in [1.29, 1.82) is 0 Å². The maximum atomic E-state index is 11.9. The van der Waals surface area contributed by atoms with Crippen molar-refractivity contribution in [2.45, 2.75) is 13.3 Å². The third kappa shape index (κ3) is 3.77. The lowest BCUT2D eigenvalue weighted by Crippen LogP contribution is -2.13. The second kappa shape index (κ2) is 6.49. The summed E-state index contributed by atoms with van der Waals surface area (Å²) in [6.45, 7) is 3.03. The summed E-state index contributed by atoms with van der Waals surface area (Å²) in [5.41, 5.74) is 1.60. The minimum Gasteiger partial charge on any atom is -0.385 e. The molecule has 0 saturated heterocycles. The first-order valence-corrected chi connectivity index (χ1v) is 6.21. The van der Waals surface area contributed by atoms with E-state index in [1.165, 1.54) is 12.4 Å². The van der Waals surface area contributed by atoms with Crippen molar-refractivity contribution in [3.63, 3.8) is 0 Å². The van der Waals surface area contributed by atoms with E-state index < -0.39 is 0 Å². The van der Waals surface area contributed by atoms with E-state index in [0.717, 1.165) is 18.7 Å². The number of aromatic nitrogens is 2. The van der Waals surface area contributed by atoms with Gasteiger partial charge in [-0.05, 0) is 30.7 Å². The van der Waals surface area contributed by atoms with E-state index in [4.69, 9.17) is 0 Å². The molecule has 5 nitrogen and oxygen atoms in total. The molecule has 0 unspecified atom stereocenters. The molecular weight excluding hydrogens is 240 g/mol. The molecule has 1 aromatic heterocycles. The Morgan fingerprint density at radius 3 is 2.63 bits per heavy atom. The number of hydrogen-bond acceptors (Lipinski definition) is 4. The minimum atomic E-state index is -0.192. The molecule has 2 N–H and O–H groups in total. The Balaban J connectivity index is 1.99. The van der Waals surface area contributed by atoms with Crippen LogP contribution >= 0.6 is 0 Å². The highest BCUT2D eigenvalue weighted by molar-refractivity contribution is 6.03. The van der Waals surface area contributed by atoms with Gasteiger partial charge < -0.3 is 10.6 Å². The fraction of sp³-hybridized carbons (Fsp3) is 0.214. The van der Waals surface area contributed by atoms with Gasteiger partial charge in [-0.25, -0.2) is 4.98 Å². The first-order chi connectivity index (χ1) is 9.29. The van der Waals surface area contributed by atoms with E-state index in [1.807, 2.05) is 12.1 Å². The highest BCUT2D eigenvalue weighted by Crippen LogP contribution is 2.11. The van der Waals surface area contributed by atoms with E-state index >= 15 is 0 Å². The quantitative estimate of drug-likeness (QED) is 0.862. The molecule has 1 aromatic carbocycles. The Bertz CT molecular complexity index is 525. The van der Waals surface area contributed by atoms with Crippen molar-refractivity contribution >= 4 is 17.4 Å². The summed E-state index contributed by atoms with van der Waals surface area (Å²) in [7, 11) is 0. The van der Waals surface area contributed by atoms with Crippen molar-refractivity contribution in [2.75, 3.05) is 17.2 Å². The molecule has 0 aliphatic carbocycles. The summed E-state index contributed by atoms with van der Waals surface area (Å²) in [5, 5.41) is 5.94. The first kappa shape index (κ1) is 13.0. The molecule has 0 aliphatic rings. The van der Waals surface area contributed by atoms with Crippen molar-refractivity contribution in [2.24, 2.45) is 0 Å². The van der Waals surface area contributed by atoms with Gasteiger partial charge in [0.1, 0.15) is 0 Å². The van der Waals surface area contributed by atoms with Crippen LogP contribution in [0, 0.1) is 0 Å². The summed E-state index contributed by atoms with van der Waals surface area (Å²) in [6.07, 6.45) is 5.67. The Labute approximate surface area is 112 Å². The smallest absolute Gasteiger partial charge is 0.256 e. The Hall–Kier alpha value is -2.43. The van der Waals surface area contributed by atoms with Crippen molar-refractivity contribution < 1.29 is 4.79 Å². The maximum Gasteiger partial charge on any atom is 0.256 e. The van der Waals surface area contributed by atoms with Crippen LogP contribution in [0.4, 0.5) is 11.5 Å². The lowest BCUT2D eigenvalue weighted by molar-refractivity contribution is 0.102. The molecule has 0 saturated carbocycles. The molecule has 0 aliphatic heterocycles. The highest BCUT2D eigenvalue weighted by Gasteiger charge is 2.06. The molecule has 0 spiro atoms. The van der Waals surface area contributed by atoms with Crippen LogP contribution in [0.2, 0.25) is 0 Å². The van der Waals surface area contributed by atoms with E-state index in [0.29, 0.717) is 11.4 Å². The van der Waals surface area contributed by atoms with Gasteiger partial charge in [-0.2, -0.15) is 0 Å². The zero-order valence-electron chi connectivity index (χ0n) is 10.8. The monoisotopic (exact) mass is 256 g/mol. The van der Waals surface area contributed by atoms with Gasteiger partial charge in [-0.3, -0.25) is 9.78 Å². The normalized spacial score (nSPS) is 9.95. The summed E-state index contributed by atoms with van der Waals surface area (Å²) in [4.78, 5) is 19.8. The number of nitrogens with one attached hydrogen (secondary N) is 2. The standard InChI is InChI=1S/C14H16N4O/c1-2-7-16-12-5-3-11(4-6-12)14(19)18-13-10-15-8-9-17-13/h3-6,8-10,16H,2,7H2,1H3,(H,17,18,19). The van der Waals surface area contributed by atoms with Crippen LogP contribution in [0.1, 0.15) is 23.7 Å². The van der Waals surface area contributed by atoms with Gasteiger partial charge in [-0.15, -0.1) is 0 Å². The van der Waals surface area contributed by atoms with Gasteiger partial charge in [0, 0.05) is 30.2 Å². The molecule has 1 heterocycles. The topological polar surface area (TPSA) is 66.9 Å². The van der Waals surface area contributed by atoms with Crippen molar-refractivity contribution in [1.82, 2.24) is 9.97 Å². The predicted octanol–water partition coefficient (Wildman–Crippen LogP) is 2.55. The minimum absolute atomic E-state index is 0.192. The molecule has 1 amide bonds. The Kier molecular flexibility index (Phi) is 4.44. The van der Waals surface area contributed by atoms with Crippen molar-refractivity contribution in [3.05, 3.63) is 48.4 Å².